The van der Waals surface area contributed by atoms with Crippen LogP contribution in [-0.4, -0.2) is 30.2 Å². The van der Waals surface area contributed by atoms with Crippen LogP contribution in [0.1, 0.15) is 24.6 Å². The first kappa shape index (κ1) is 7.66. The molecule has 1 aliphatic rings. The second-order valence-corrected chi connectivity index (χ2v) is 3.60. The van der Waals surface area contributed by atoms with Crippen LogP contribution in [0.25, 0.3) is 11.5 Å². The van der Waals surface area contributed by atoms with Crippen molar-refractivity contribution in [2.45, 2.75) is 18.8 Å². The lowest BCUT2D eigenvalue weighted by atomic mass is 10.4. The monoisotopic (exact) mass is 190 g/mol. The van der Waals surface area contributed by atoms with E-state index < -0.39 is 0 Å². The molecule has 0 unspecified atom stereocenters. The smallest absolute Gasteiger partial charge is 0.203 e. The molecule has 2 aromatic heterocycles. The molecule has 14 heavy (non-hydrogen) atoms. The maximum Gasteiger partial charge on any atom is 0.203 e. The molecule has 72 valence electrons. The van der Waals surface area contributed by atoms with E-state index in [2.05, 4.69) is 25.5 Å². The van der Waals surface area contributed by atoms with Crippen LogP contribution >= 0.6 is 0 Å². The third kappa shape index (κ3) is 1.19. The predicted molar refractivity (Wildman–Crippen MR) is 48.4 cm³/mol. The molecule has 6 heteroatoms. The minimum absolute atomic E-state index is 0.591. The Balaban J connectivity index is 1.95. The van der Waals surface area contributed by atoms with E-state index in [1.54, 1.807) is 10.9 Å². The Morgan fingerprint density at radius 3 is 3.00 bits per heavy atom. The predicted octanol–water partition coefficient (Wildman–Crippen LogP) is 0.478. The normalized spacial score (nSPS) is 16.1. The van der Waals surface area contributed by atoms with Crippen LogP contribution in [0, 0.1) is 0 Å². The van der Waals surface area contributed by atoms with E-state index >= 15 is 0 Å². The summed E-state index contributed by atoms with van der Waals surface area (Å²) in [5, 5.41) is 14.8. The third-order valence-electron chi connectivity index (χ3n) is 2.30. The van der Waals surface area contributed by atoms with Gasteiger partial charge in [-0.2, -0.15) is 5.10 Å². The quantitative estimate of drug-likeness (QED) is 0.747. The molecule has 1 fully saturated rings. The third-order valence-corrected chi connectivity index (χ3v) is 2.30. The van der Waals surface area contributed by atoms with Gasteiger partial charge in [-0.15, -0.1) is 5.10 Å². The largest absolute Gasteiger partial charge is 0.262 e. The van der Waals surface area contributed by atoms with Gasteiger partial charge >= 0.3 is 0 Å². The number of hydrogen-bond donors (Lipinski definition) is 1. The first-order valence-electron chi connectivity index (χ1n) is 4.62. The Morgan fingerprint density at radius 2 is 2.36 bits per heavy atom. The SMILES string of the molecule is Cn1cc(-c2n[nH]c(C3CC3)n2)nn1. The van der Waals surface area contributed by atoms with Gasteiger partial charge < -0.3 is 0 Å². The number of nitrogens with zero attached hydrogens (tertiary/aromatic N) is 5. The van der Waals surface area contributed by atoms with E-state index in [9.17, 15) is 0 Å². The van der Waals surface area contributed by atoms with Crippen molar-refractivity contribution in [3.05, 3.63) is 12.0 Å². The first-order chi connectivity index (χ1) is 6.83. The molecule has 1 saturated carbocycles. The lowest BCUT2D eigenvalue weighted by molar-refractivity contribution is 0.715. The van der Waals surface area contributed by atoms with Gasteiger partial charge in [-0.3, -0.25) is 9.78 Å². The molecule has 0 spiro atoms. The van der Waals surface area contributed by atoms with Crippen LogP contribution < -0.4 is 0 Å². The van der Waals surface area contributed by atoms with E-state index in [0.29, 0.717) is 11.7 Å². The van der Waals surface area contributed by atoms with E-state index in [4.69, 9.17) is 0 Å². The lowest BCUT2D eigenvalue weighted by Gasteiger charge is -1.84. The van der Waals surface area contributed by atoms with Gasteiger partial charge in [-0.1, -0.05) is 5.21 Å². The summed E-state index contributed by atoms with van der Waals surface area (Å²) in [6, 6.07) is 0. The number of aromatic nitrogens is 6. The fourth-order valence-corrected chi connectivity index (χ4v) is 1.38. The second-order valence-electron chi connectivity index (χ2n) is 3.60. The van der Waals surface area contributed by atoms with Crippen LogP contribution in [0.2, 0.25) is 0 Å². The van der Waals surface area contributed by atoms with Crippen LogP contribution in [0.4, 0.5) is 0 Å². The van der Waals surface area contributed by atoms with Crippen molar-refractivity contribution in [2.24, 2.45) is 7.05 Å². The molecule has 1 N–H and O–H groups in total. The number of aromatic amines is 1. The highest BCUT2D eigenvalue weighted by atomic mass is 15.4. The van der Waals surface area contributed by atoms with Crippen molar-refractivity contribution in [3.8, 4) is 11.5 Å². The Kier molecular flexibility index (Phi) is 1.44. The summed E-state index contributed by atoms with van der Waals surface area (Å²) >= 11 is 0. The van der Waals surface area contributed by atoms with E-state index in [-0.39, 0.29) is 0 Å². The number of rotatable bonds is 2. The molecule has 0 radical (unpaired) electrons. The van der Waals surface area contributed by atoms with E-state index in [1.807, 2.05) is 7.05 Å². The summed E-state index contributed by atoms with van der Waals surface area (Å²) in [4.78, 5) is 4.37. The summed E-state index contributed by atoms with van der Waals surface area (Å²) < 4.78 is 1.64. The Morgan fingerprint density at radius 1 is 1.50 bits per heavy atom. The molecule has 2 aromatic rings. The van der Waals surface area contributed by atoms with E-state index in [1.165, 1.54) is 12.8 Å². The Hall–Kier alpha value is -1.72. The molecule has 2 heterocycles. The zero-order chi connectivity index (χ0) is 9.54. The number of hydrogen-bond acceptors (Lipinski definition) is 4. The van der Waals surface area contributed by atoms with Crippen LogP contribution in [0.15, 0.2) is 6.20 Å². The van der Waals surface area contributed by atoms with Gasteiger partial charge in [0.25, 0.3) is 0 Å². The van der Waals surface area contributed by atoms with Crippen molar-refractivity contribution in [3.63, 3.8) is 0 Å². The highest BCUT2D eigenvalue weighted by Crippen LogP contribution is 2.38. The zero-order valence-corrected chi connectivity index (χ0v) is 7.80. The Bertz CT molecular complexity index is 452. The Labute approximate surface area is 80.4 Å². The zero-order valence-electron chi connectivity index (χ0n) is 7.80. The summed E-state index contributed by atoms with van der Waals surface area (Å²) in [6.07, 6.45) is 4.24. The van der Waals surface area contributed by atoms with E-state index in [0.717, 1.165) is 11.5 Å². The fourth-order valence-electron chi connectivity index (χ4n) is 1.38. The van der Waals surface area contributed by atoms with Crippen LogP contribution in [0.3, 0.4) is 0 Å². The maximum absolute atomic E-state index is 4.37. The van der Waals surface area contributed by atoms with Gasteiger partial charge in [0, 0.05) is 13.0 Å². The van der Waals surface area contributed by atoms with Gasteiger partial charge in [0.15, 0.2) is 5.69 Å². The van der Waals surface area contributed by atoms with Crippen LogP contribution in [-0.2, 0) is 7.05 Å². The van der Waals surface area contributed by atoms with Crippen molar-refractivity contribution in [2.75, 3.05) is 0 Å². The maximum atomic E-state index is 4.37. The summed E-state index contributed by atoms with van der Waals surface area (Å²) in [7, 11) is 1.82. The van der Waals surface area contributed by atoms with Crippen molar-refractivity contribution in [1.82, 2.24) is 30.2 Å². The minimum atomic E-state index is 0.591. The molecule has 0 saturated heterocycles. The van der Waals surface area contributed by atoms with Gasteiger partial charge in [-0.25, -0.2) is 4.98 Å². The standard InChI is InChI=1S/C8H10N6/c1-14-4-6(10-13-14)8-9-7(11-12-8)5-2-3-5/h4-5H,2-3H2,1H3,(H,9,11,12). The van der Waals surface area contributed by atoms with Crippen molar-refractivity contribution >= 4 is 0 Å². The average molecular weight is 190 g/mol. The average Bonchev–Trinajstić information content (AvgIpc) is 2.76. The molecular weight excluding hydrogens is 180 g/mol. The van der Waals surface area contributed by atoms with Gasteiger partial charge in [0.2, 0.25) is 5.82 Å². The molecule has 0 bridgehead atoms. The first-order valence-corrected chi connectivity index (χ1v) is 4.62. The number of H-pyrrole nitrogens is 1. The number of aryl methyl sites for hydroxylation is 1. The topological polar surface area (TPSA) is 72.3 Å². The molecule has 0 aromatic carbocycles. The molecule has 6 nitrogen and oxygen atoms in total. The molecule has 0 aliphatic heterocycles. The minimum Gasteiger partial charge on any atom is -0.262 e. The number of nitrogens with one attached hydrogen (secondary N) is 1. The summed E-state index contributed by atoms with van der Waals surface area (Å²) in [6.45, 7) is 0. The molecule has 0 amide bonds. The molecule has 3 rings (SSSR count). The van der Waals surface area contributed by atoms with Gasteiger partial charge in [0.05, 0.1) is 6.20 Å². The summed E-state index contributed by atoms with van der Waals surface area (Å²) in [5.41, 5.74) is 0.718. The molecule has 1 aliphatic carbocycles. The molecule has 0 atom stereocenters. The van der Waals surface area contributed by atoms with Crippen molar-refractivity contribution in [1.29, 1.82) is 0 Å². The van der Waals surface area contributed by atoms with Gasteiger partial charge in [0.1, 0.15) is 5.82 Å². The second kappa shape index (κ2) is 2.63. The lowest BCUT2D eigenvalue weighted by Crippen LogP contribution is -1.85. The van der Waals surface area contributed by atoms with Crippen LogP contribution in [0.5, 0.6) is 0 Å². The highest BCUT2D eigenvalue weighted by molar-refractivity contribution is 5.45. The summed E-state index contributed by atoms with van der Waals surface area (Å²) in [5.74, 6) is 2.21. The van der Waals surface area contributed by atoms with Crippen molar-refractivity contribution < 1.29 is 0 Å². The molecular formula is C8H10N6. The highest BCUT2D eigenvalue weighted by Gasteiger charge is 2.27. The fraction of sp³-hybridized carbons (Fsp3) is 0.500. The van der Waals surface area contributed by atoms with Gasteiger partial charge in [-0.05, 0) is 12.8 Å².